The van der Waals surface area contributed by atoms with Crippen LogP contribution in [0.4, 0.5) is 10.2 Å². The molecule has 1 atom stereocenters. The summed E-state index contributed by atoms with van der Waals surface area (Å²) in [5, 5.41) is 10.3. The van der Waals surface area contributed by atoms with Crippen LogP contribution in [0.1, 0.15) is 22.8 Å². The standard InChI is InChI=1S/C13H12BrFN2O/c1-7-2-3-17-13(16)11(7)12(18)8-4-9(14)6-10(15)5-8/h2-6,12,18H,1H3,(H2,16,17). The third-order valence-electron chi connectivity index (χ3n) is 2.71. The minimum Gasteiger partial charge on any atom is -0.384 e. The molecule has 1 heterocycles. The minimum atomic E-state index is -0.995. The second-order valence-corrected chi connectivity index (χ2v) is 4.95. The summed E-state index contributed by atoms with van der Waals surface area (Å²) in [5.74, 6) is -0.165. The van der Waals surface area contributed by atoms with Crippen LogP contribution < -0.4 is 5.73 Å². The SMILES string of the molecule is Cc1ccnc(N)c1C(O)c1cc(F)cc(Br)c1. The van der Waals surface area contributed by atoms with Crippen molar-refractivity contribution >= 4 is 21.7 Å². The number of nitrogens with two attached hydrogens (primary N) is 1. The monoisotopic (exact) mass is 310 g/mol. The van der Waals surface area contributed by atoms with E-state index in [1.165, 1.54) is 12.1 Å². The van der Waals surface area contributed by atoms with Gasteiger partial charge >= 0.3 is 0 Å². The Balaban J connectivity index is 2.51. The number of hydrogen-bond acceptors (Lipinski definition) is 3. The number of nitrogens with zero attached hydrogens (tertiary/aromatic N) is 1. The number of pyridine rings is 1. The summed E-state index contributed by atoms with van der Waals surface area (Å²) < 4.78 is 13.9. The van der Waals surface area contributed by atoms with E-state index in [1.54, 1.807) is 18.3 Å². The highest BCUT2D eigenvalue weighted by molar-refractivity contribution is 9.10. The molecule has 1 aromatic carbocycles. The third-order valence-corrected chi connectivity index (χ3v) is 3.17. The van der Waals surface area contributed by atoms with Crippen molar-refractivity contribution in [2.45, 2.75) is 13.0 Å². The lowest BCUT2D eigenvalue weighted by atomic mass is 9.98. The van der Waals surface area contributed by atoms with Crippen LogP contribution in [0.5, 0.6) is 0 Å². The van der Waals surface area contributed by atoms with Crippen LogP contribution in [0.25, 0.3) is 0 Å². The molecule has 3 nitrogen and oxygen atoms in total. The number of aliphatic hydroxyl groups excluding tert-OH is 1. The molecule has 0 bridgehead atoms. The zero-order valence-corrected chi connectivity index (χ0v) is 11.3. The van der Waals surface area contributed by atoms with Gasteiger partial charge in [0.1, 0.15) is 17.7 Å². The van der Waals surface area contributed by atoms with E-state index in [9.17, 15) is 9.50 Å². The minimum absolute atomic E-state index is 0.253. The van der Waals surface area contributed by atoms with Gasteiger partial charge in [-0.2, -0.15) is 0 Å². The maximum atomic E-state index is 13.3. The van der Waals surface area contributed by atoms with Crippen molar-refractivity contribution in [3.05, 3.63) is 57.4 Å². The Morgan fingerprint density at radius 3 is 2.72 bits per heavy atom. The van der Waals surface area contributed by atoms with E-state index in [1.807, 2.05) is 6.92 Å². The molecule has 0 aliphatic rings. The number of nitrogen functional groups attached to an aromatic ring is 1. The Kier molecular flexibility index (Phi) is 3.63. The highest BCUT2D eigenvalue weighted by Crippen LogP contribution is 2.30. The first-order valence-electron chi connectivity index (χ1n) is 5.34. The molecule has 2 aromatic rings. The van der Waals surface area contributed by atoms with Crippen LogP contribution in [0.2, 0.25) is 0 Å². The lowest BCUT2D eigenvalue weighted by Gasteiger charge is -2.16. The smallest absolute Gasteiger partial charge is 0.129 e. The predicted octanol–water partition coefficient (Wildman–Crippen LogP) is 2.96. The van der Waals surface area contributed by atoms with Crippen molar-refractivity contribution < 1.29 is 9.50 Å². The molecule has 2 rings (SSSR count). The van der Waals surface area contributed by atoms with E-state index in [2.05, 4.69) is 20.9 Å². The second-order valence-electron chi connectivity index (χ2n) is 4.03. The molecular formula is C13H12BrFN2O. The topological polar surface area (TPSA) is 59.1 Å². The van der Waals surface area contributed by atoms with Gasteiger partial charge in [-0.25, -0.2) is 9.37 Å². The highest BCUT2D eigenvalue weighted by atomic mass is 79.9. The van der Waals surface area contributed by atoms with Gasteiger partial charge in [-0.1, -0.05) is 15.9 Å². The van der Waals surface area contributed by atoms with E-state index < -0.39 is 11.9 Å². The summed E-state index contributed by atoms with van der Waals surface area (Å²) in [7, 11) is 0. The molecule has 0 aliphatic carbocycles. The molecule has 1 aromatic heterocycles. The fraction of sp³-hybridized carbons (Fsp3) is 0.154. The van der Waals surface area contributed by atoms with Crippen LogP contribution >= 0.6 is 15.9 Å². The van der Waals surface area contributed by atoms with Crippen molar-refractivity contribution in [1.82, 2.24) is 4.98 Å². The van der Waals surface area contributed by atoms with Gasteiger partial charge in [0.2, 0.25) is 0 Å². The van der Waals surface area contributed by atoms with Crippen LogP contribution in [-0.2, 0) is 0 Å². The summed E-state index contributed by atoms with van der Waals surface area (Å²) >= 11 is 3.19. The number of rotatable bonds is 2. The predicted molar refractivity (Wildman–Crippen MR) is 71.5 cm³/mol. The van der Waals surface area contributed by atoms with Crippen LogP contribution in [0.15, 0.2) is 34.9 Å². The van der Waals surface area contributed by atoms with Gasteiger partial charge in [0, 0.05) is 16.2 Å². The largest absolute Gasteiger partial charge is 0.384 e. The lowest BCUT2D eigenvalue weighted by Crippen LogP contribution is -2.08. The van der Waals surface area contributed by atoms with Crippen molar-refractivity contribution in [2.24, 2.45) is 0 Å². The van der Waals surface area contributed by atoms with E-state index in [0.717, 1.165) is 5.56 Å². The van der Waals surface area contributed by atoms with E-state index >= 15 is 0 Å². The zero-order chi connectivity index (χ0) is 13.3. The first-order valence-corrected chi connectivity index (χ1v) is 6.13. The molecule has 0 spiro atoms. The molecule has 0 radical (unpaired) electrons. The average molecular weight is 311 g/mol. The molecule has 5 heteroatoms. The number of hydrogen-bond donors (Lipinski definition) is 2. The van der Waals surface area contributed by atoms with Gasteiger partial charge in [-0.15, -0.1) is 0 Å². The number of benzene rings is 1. The molecule has 0 amide bonds. The van der Waals surface area contributed by atoms with Gasteiger partial charge in [0.05, 0.1) is 0 Å². The molecule has 0 fully saturated rings. The molecule has 0 aliphatic heterocycles. The lowest BCUT2D eigenvalue weighted by molar-refractivity contribution is 0.219. The average Bonchev–Trinajstić information content (AvgIpc) is 2.27. The molecule has 18 heavy (non-hydrogen) atoms. The van der Waals surface area contributed by atoms with Crippen molar-refractivity contribution in [3.8, 4) is 0 Å². The second kappa shape index (κ2) is 5.04. The molecule has 94 valence electrons. The Hall–Kier alpha value is -1.46. The van der Waals surface area contributed by atoms with Gasteiger partial charge in [0.25, 0.3) is 0 Å². The summed E-state index contributed by atoms with van der Waals surface area (Å²) in [6.07, 6.45) is 0.577. The number of aryl methyl sites for hydroxylation is 1. The first kappa shape index (κ1) is 13.0. The van der Waals surface area contributed by atoms with Crippen molar-refractivity contribution in [2.75, 3.05) is 5.73 Å². The summed E-state index contributed by atoms with van der Waals surface area (Å²) in [6, 6.07) is 6.01. The van der Waals surface area contributed by atoms with E-state index in [-0.39, 0.29) is 5.82 Å². The van der Waals surface area contributed by atoms with E-state index in [0.29, 0.717) is 15.6 Å². The summed E-state index contributed by atoms with van der Waals surface area (Å²) in [4.78, 5) is 3.94. The van der Waals surface area contributed by atoms with Gasteiger partial charge in [-0.3, -0.25) is 0 Å². The first-order chi connectivity index (χ1) is 8.49. The molecule has 0 saturated carbocycles. The molecule has 0 saturated heterocycles. The van der Waals surface area contributed by atoms with Gasteiger partial charge in [0.15, 0.2) is 0 Å². The molecule has 3 N–H and O–H groups in total. The third kappa shape index (κ3) is 2.52. The Morgan fingerprint density at radius 2 is 2.11 bits per heavy atom. The molecule has 1 unspecified atom stereocenters. The highest BCUT2D eigenvalue weighted by Gasteiger charge is 2.17. The maximum Gasteiger partial charge on any atom is 0.129 e. The Bertz CT molecular complexity index is 549. The fourth-order valence-electron chi connectivity index (χ4n) is 1.85. The summed E-state index contributed by atoms with van der Waals surface area (Å²) in [6.45, 7) is 1.82. The van der Waals surface area contributed by atoms with Gasteiger partial charge < -0.3 is 10.8 Å². The van der Waals surface area contributed by atoms with Crippen LogP contribution in [0.3, 0.4) is 0 Å². The number of aliphatic hydroxyl groups is 1. The maximum absolute atomic E-state index is 13.3. The number of halogens is 2. The van der Waals surface area contributed by atoms with Crippen LogP contribution in [-0.4, -0.2) is 10.1 Å². The van der Waals surface area contributed by atoms with Gasteiger partial charge in [-0.05, 0) is 42.3 Å². The number of anilines is 1. The molecular weight excluding hydrogens is 299 g/mol. The normalized spacial score (nSPS) is 12.4. The van der Waals surface area contributed by atoms with E-state index in [4.69, 9.17) is 5.73 Å². The quantitative estimate of drug-likeness (QED) is 0.896. The Labute approximate surface area is 113 Å². The van der Waals surface area contributed by atoms with Crippen molar-refractivity contribution in [3.63, 3.8) is 0 Å². The Morgan fingerprint density at radius 1 is 1.39 bits per heavy atom. The van der Waals surface area contributed by atoms with Crippen LogP contribution in [0, 0.1) is 12.7 Å². The zero-order valence-electron chi connectivity index (χ0n) is 9.69. The fourth-order valence-corrected chi connectivity index (χ4v) is 2.33. The van der Waals surface area contributed by atoms with Crippen molar-refractivity contribution in [1.29, 1.82) is 0 Å². The summed E-state index contributed by atoms with van der Waals surface area (Å²) in [5.41, 5.74) is 7.52. The number of aromatic nitrogens is 1.